The number of pyridine rings is 2. The molecule has 1 N–H and O–H groups in total. The molecule has 0 saturated carbocycles. The van der Waals surface area contributed by atoms with Crippen molar-refractivity contribution >= 4 is 109 Å². The van der Waals surface area contributed by atoms with Crippen molar-refractivity contribution in [2.45, 2.75) is 38.5 Å². The topological polar surface area (TPSA) is 88.6 Å². The normalized spacial score (nSPS) is 12.7. The Hall–Kier alpha value is -12.0. The number of nitrogens with one attached hydrogen (secondary N) is 1. The summed E-state index contributed by atoms with van der Waals surface area (Å²) >= 11 is 3.53. The first-order chi connectivity index (χ1) is 47.4. The Morgan fingerprint density at radius 1 is 0.330 bits per heavy atom. The van der Waals surface area contributed by atoms with Crippen molar-refractivity contribution < 1.29 is 0 Å². The lowest BCUT2D eigenvalue weighted by Crippen LogP contribution is -2.15. The minimum atomic E-state index is -0.0575. The van der Waals surface area contributed by atoms with E-state index < -0.39 is 0 Å². The minimum Gasteiger partial charge on any atom is -0.356 e. The maximum Gasteiger partial charge on any atom is 0.0991 e. The summed E-state index contributed by atoms with van der Waals surface area (Å²) in [7, 11) is 0. The van der Waals surface area contributed by atoms with Gasteiger partial charge in [-0.05, 0) is 232 Å². The van der Waals surface area contributed by atoms with Crippen molar-refractivity contribution in [1.29, 1.82) is 10.5 Å². The van der Waals surface area contributed by atoms with Crippen LogP contribution in [-0.2, 0) is 10.8 Å². The molecular formula is C90H63BrN6. The predicted octanol–water partition coefficient (Wildman–Crippen LogP) is 24.4. The molecule has 16 aromatic rings. The van der Waals surface area contributed by atoms with Gasteiger partial charge in [0.2, 0.25) is 0 Å². The van der Waals surface area contributed by atoms with Crippen LogP contribution in [0.3, 0.4) is 0 Å². The van der Waals surface area contributed by atoms with Gasteiger partial charge in [0.1, 0.15) is 0 Å². The van der Waals surface area contributed by atoms with Gasteiger partial charge in [-0.25, -0.2) is 0 Å². The summed E-state index contributed by atoms with van der Waals surface area (Å²) in [6.07, 6.45) is 3.67. The van der Waals surface area contributed by atoms with Gasteiger partial charge in [-0.3, -0.25) is 9.97 Å². The molecule has 2 aliphatic rings. The number of hydrogen-bond donors (Lipinski definition) is 1. The molecule has 6 nitrogen and oxygen atoms in total. The fraction of sp³-hybridized carbons (Fsp3) is 0.0667. The zero-order chi connectivity index (χ0) is 65.9. The molecule has 14 aromatic carbocycles. The number of aromatic nitrogens is 2. The van der Waals surface area contributed by atoms with E-state index in [0.29, 0.717) is 11.1 Å². The summed E-state index contributed by atoms with van der Waals surface area (Å²) in [4.78, 5) is 11.4. The molecule has 0 bridgehead atoms. The van der Waals surface area contributed by atoms with Crippen molar-refractivity contribution in [3.05, 3.63) is 341 Å². The third-order valence-electron chi connectivity index (χ3n) is 19.7. The van der Waals surface area contributed by atoms with Crippen LogP contribution in [0.2, 0.25) is 0 Å². The molecule has 0 radical (unpaired) electrons. The van der Waals surface area contributed by atoms with Gasteiger partial charge in [-0.1, -0.05) is 201 Å². The average molecular weight is 1310 g/mol. The smallest absolute Gasteiger partial charge is 0.0991 e. The second-order valence-electron chi connectivity index (χ2n) is 26.2. The van der Waals surface area contributed by atoms with E-state index in [1.54, 1.807) is 12.1 Å². The Kier molecular flexibility index (Phi) is 15.1. The van der Waals surface area contributed by atoms with E-state index in [9.17, 15) is 5.26 Å². The summed E-state index contributed by atoms with van der Waals surface area (Å²) in [5.41, 5.74) is 23.5. The molecule has 0 fully saturated rings. The third-order valence-corrected chi connectivity index (χ3v) is 20.2. The van der Waals surface area contributed by atoms with E-state index in [1.165, 1.54) is 87.6 Å². The second kappa shape index (κ2) is 24.4. The number of fused-ring (bicyclic) bond motifs is 2. The molecule has 0 unspecified atom stereocenters. The summed E-state index contributed by atoms with van der Waals surface area (Å²) in [5.74, 6) is 0. The first-order valence-corrected chi connectivity index (χ1v) is 33.5. The zero-order valence-corrected chi connectivity index (χ0v) is 55.6. The van der Waals surface area contributed by atoms with Crippen LogP contribution in [0.5, 0.6) is 0 Å². The lowest BCUT2D eigenvalue weighted by molar-refractivity contribution is 0.663. The standard InChI is InChI=1S/C45H31N3.C23H17Br.C22H15N3/c1-45(2)40-10-4-6-32-13-14-34-26-35(27-41(45)43(34)42(32)40)30-15-21-37(22-16-30)48(36-19-11-29(28-46)12-20-36)38-23-17-31(18-24-38)39-9-3-7-33-8-5-25-47-44(33)39;1-23(2)19-5-3-4-15-6-7-16-12-17(13-20(23)22(16)21(15)19)14-8-10-18(24)11-9-14;23-15-16-6-10-19(11-7-16)25-20-12-8-17(9-13-20)21-5-1-3-18-4-2-14-24-22(18)21/h3-27H,1-2H3;3-13H,1-2H3;1-14,25H. The Morgan fingerprint density at radius 2 is 0.680 bits per heavy atom. The van der Waals surface area contributed by atoms with Gasteiger partial charge < -0.3 is 10.2 Å². The van der Waals surface area contributed by atoms with E-state index in [-0.39, 0.29) is 10.8 Å². The number of para-hydroxylation sites is 2. The molecule has 7 heteroatoms. The van der Waals surface area contributed by atoms with E-state index >= 15 is 0 Å². The van der Waals surface area contributed by atoms with Crippen LogP contribution in [0, 0.1) is 22.7 Å². The number of hydrogen-bond acceptors (Lipinski definition) is 6. The Bertz CT molecular complexity index is 5840. The van der Waals surface area contributed by atoms with Gasteiger partial charge in [0.15, 0.2) is 0 Å². The van der Waals surface area contributed by atoms with Crippen molar-refractivity contribution in [2.75, 3.05) is 10.2 Å². The van der Waals surface area contributed by atoms with Crippen LogP contribution >= 0.6 is 15.9 Å². The lowest BCUT2D eigenvalue weighted by Gasteiger charge is -2.26. The van der Waals surface area contributed by atoms with Crippen LogP contribution in [0.15, 0.2) is 308 Å². The molecule has 460 valence electrons. The van der Waals surface area contributed by atoms with Crippen molar-refractivity contribution in [3.63, 3.8) is 0 Å². The van der Waals surface area contributed by atoms with Crippen LogP contribution in [0.25, 0.3) is 109 Å². The highest BCUT2D eigenvalue weighted by molar-refractivity contribution is 9.10. The quantitative estimate of drug-likeness (QED) is 0.145. The van der Waals surface area contributed by atoms with E-state index in [2.05, 4.69) is 306 Å². The van der Waals surface area contributed by atoms with Gasteiger partial charge in [0.05, 0.1) is 34.3 Å². The lowest BCUT2D eigenvalue weighted by atomic mass is 9.81. The van der Waals surface area contributed by atoms with Crippen molar-refractivity contribution in [1.82, 2.24) is 9.97 Å². The molecule has 97 heavy (non-hydrogen) atoms. The number of nitrogens with zero attached hydrogens (tertiary/aromatic N) is 5. The van der Waals surface area contributed by atoms with Crippen molar-refractivity contribution in [2.24, 2.45) is 0 Å². The number of anilines is 5. The minimum absolute atomic E-state index is 0.0484. The zero-order valence-electron chi connectivity index (χ0n) is 54.0. The highest BCUT2D eigenvalue weighted by atomic mass is 79.9. The summed E-state index contributed by atoms with van der Waals surface area (Å²) in [5, 5.41) is 34.9. The van der Waals surface area contributed by atoms with Gasteiger partial charge in [0.25, 0.3) is 0 Å². The predicted molar refractivity (Wildman–Crippen MR) is 407 cm³/mol. The molecular weight excluding hydrogens is 1240 g/mol. The van der Waals surface area contributed by atoms with Gasteiger partial charge in [0, 0.05) is 78.0 Å². The fourth-order valence-corrected chi connectivity index (χ4v) is 15.0. The second-order valence-corrected chi connectivity index (χ2v) is 27.1. The first-order valence-electron chi connectivity index (χ1n) is 32.7. The maximum absolute atomic E-state index is 9.46. The fourth-order valence-electron chi connectivity index (χ4n) is 14.7. The molecule has 0 aliphatic heterocycles. The molecule has 0 spiro atoms. The van der Waals surface area contributed by atoms with Gasteiger partial charge >= 0.3 is 0 Å². The number of benzene rings is 14. The maximum atomic E-state index is 9.46. The SMILES string of the molecule is CC1(C)c2cccc3ccc4cc(-c5ccc(Br)cc5)cc1c4c23.CC1(C)c2cccc3ccc4cc(-c5ccc(N(c6ccc(C#N)cc6)c6ccc(-c7cccc8cccnc78)cc6)cc5)cc1c4c23.N#Cc1ccc(Nc2ccc(-c3cccc4cccnc34)cc2)cc1. The molecule has 2 heterocycles. The van der Waals surface area contributed by atoms with Crippen LogP contribution in [-0.4, -0.2) is 9.97 Å². The van der Waals surface area contributed by atoms with E-state index in [4.69, 9.17) is 5.26 Å². The molecule has 2 aliphatic carbocycles. The van der Waals surface area contributed by atoms with E-state index in [0.717, 1.165) is 77.0 Å². The molecule has 0 saturated heterocycles. The Morgan fingerprint density at radius 3 is 1.13 bits per heavy atom. The van der Waals surface area contributed by atoms with Crippen LogP contribution < -0.4 is 10.2 Å². The number of rotatable bonds is 9. The van der Waals surface area contributed by atoms with Gasteiger partial charge in [-0.15, -0.1) is 0 Å². The first kappa shape index (κ1) is 60.0. The number of nitriles is 2. The van der Waals surface area contributed by atoms with Crippen molar-refractivity contribution in [3.8, 4) is 56.6 Å². The molecule has 0 amide bonds. The summed E-state index contributed by atoms with van der Waals surface area (Å²) in [6, 6.07) is 107. The Labute approximate surface area is 572 Å². The number of halogens is 1. The average Bonchev–Trinajstić information content (AvgIpc) is 1.56. The molecule has 18 rings (SSSR count). The highest BCUT2D eigenvalue weighted by Gasteiger charge is 2.36. The summed E-state index contributed by atoms with van der Waals surface area (Å²) in [6.45, 7) is 9.39. The Balaban J connectivity index is 0.000000126. The largest absolute Gasteiger partial charge is 0.356 e. The van der Waals surface area contributed by atoms with Crippen LogP contribution in [0.1, 0.15) is 61.1 Å². The third kappa shape index (κ3) is 10.9. The van der Waals surface area contributed by atoms with Gasteiger partial charge in [-0.2, -0.15) is 10.5 Å². The van der Waals surface area contributed by atoms with E-state index in [1.807, 2.05) is 60.9 Å². The monoisotopic (exact) mass is 1310 g/mol. The van der Waals surface area contributed by atoms with Crippen LogP contribution in [0.4, 0.5) is 28.4 Å². The highest BCUT2D eigenvalue weighted by Crippen LogP contribution is 2.52. The molecule has 2 aromatic heterocycles. The molecule has 0 atom stereocenters. The summed E-state index contributed by atoms with van der Waals surface area (Å²) < 4.78 is 1.12.